The molecule has 0 N–H and O–H groups in total. The molecule has 0 saturated heterocycles. The van der Waals surface area contributed by atoms with E-state index < -0.39 is 14.5 Å². The van der Waals surface area contributed by atoms with Crippen LogP contribution in [0.4, 0.5) is 0 Å². The smallest absolute Gasteiger partial charge is 0.233 e. The molecular weight excluding hydrogens is 272 g/mol. The van der Waals surface area contributed by atoms with Crippen LogP contribution in [0.15, 0.2) is 24.3 Å². The molecule has 5 heteroatoms. The van der Waals surface area contributed by atoms with Crippen molar-refractivity contribution in [1.82, 2.24) is 0 Å². The Bertz CT molecular complexity index is 477. The van der Waals surface area contributed by atoms with E-state index in [-0.39, 0.29) is 5.75 Å². The second-order valence-electron chi connectivity index (χ2n) is 5.13. The summed E-state index contributed by atoms with van der Waals surface area (Å²) in [5.41, 5.74) is 0.731. The van der Waals surface area contributed by atoms with Gasteiger partial charge in [-0.15, -0.1) is 0 Å². The molecule has 0 aromatic heterocycles. The van der Waals surface area contributed by atoms with Gasteiger partial charge in [0, 0.05) is 16.1 Å². The Morgan fingerprint density at radius 2 is 1.78 bits per heavy atom. The van der Waals surface area contributed by atoms with Crippen molar-refractivity contribution in [3.8, 4) is 5.75 Å². The van der Waals surface area contributed by atoms with E-state index in [1.165, 1.54) is 5.56 Å². The van der Waals surface area contributed by atoms with Gasteiger partial charge in [-0.25, -0.2) is 8.42 Å². The summed E-state index contributed by atoms with van der Waals surface area (Å²) in [6.45, 7) is 6.02. The number of rotatable bonds is 6. The van der Waals surface area contributed by atoms with Crippen LogP contribution in [0.25, 0.3) is 0 Å². The first-order chi connectivity index (χ1) is 8.22. The van der Waals surface area contributed by atoms with Crippen molar-refractivity contribution in [3.05, 3.63) is 29.8 Å². The predicted molar refractivity (Wildman–Crippen MR) is 74.7 cm³/mol. The van der Waals surface area contributed by atoms with E-state index in [1.54, 1.807) is 0 Å². The summed E-state index contributed by atoms with van der Waals surface area (Å²) in [5.74, 6) is 0.640. The molecule has 0 spiro atoms. The maximum atomic E-state index is 11.1. The highest BCUT2D eigenvalue weighted by atomic mass is 35.7. The van der Waals surface area contributed by atoms with Gasteiger partial charge in [0.2, 0.25) is 9.05 Å². The van der Waals surface area contributed by atoms with Crippen molar-refractivity contribution in [2.75, 3.05) is 12.4 Å². The van der Waals surface area contributed by atoms with E-state index in [2.05, 4.69) is 6.92 Å². The lowest BCUT2D eigenvalue weighted by Gasteiger charge is -2.23. The Balaban J connectivity index is 2.58. The van der Waals surface area contributed by atoms with Crippen LogP contribution in [0.1, 0.15) is 26.3 Å². The zero-order valence-corrected chi connectivity index (χ0v) is 12.5. The van der Waals surface area contributed by atoms with Gasteiger partial charge in [-0.2, -0.15) is 0 Å². The number of ether oxygens (including phenoxy) is 1. The van der Waals surface area contributed by atoms with Crippen molar-refractivity contribution in [2.24, 2.45) is 5.41 Å². The van der Waals surface area contributed by atoms with Gasteiger partial charge in [0.25, 0.3) is 0 Å². The minimum Gasteiger partial charge on any atom is -0.493 e. The third-order valence-corrected chi connectivity index (χ3v) is 3.98. The first-order valence-corrected chi connectivity index (χ1v) is 8.34. The summed E-state index contributed by atoms with van der Waals surface area (Å²) in [5, 5.41) is 0. The van der Waals surface area contributed by atoms with Crippen LogP contribution in [-0.2, 0) is 15.5 Å². The Hall–Kier alpha value is -0.740. The van der Waals surface area contributed by atoms with E-state index in [9.17, 15) is 8.42 Å². The van der Waals surface area contributed by atoms with Crippen LogP contribution >= 0.6 is 10.7 Å². The fourth-order valence-electron chi connectivity index (χ4n) is 1.61. The molecule has 0 unspecified atom stereocenters. The largest absolute Gasteiger partial charge is 0.493 e. The van der Waals surface area contributed by atoms with E-state index >= 15 is 0 Å². The Morgan fingerprint density at radius 3 is 2.22 bits per heavy atom. The van der Waals surface area contributed by atoms with Gasteiger partial charge in [-0.05, 0) is 24.1 Å². The van der Waals surface area contributed by atoms with Crippen LogP contribution in [-0.4, -0.2) is 20.8 Å². The summed E-state index contributed by atoms with van der Waals surface area (Å²) in [7, 11) is 1.75. The standard InChI is InChI=1S/C13H19ClO3S/c1-4-11-5-7-12(8-6-11)17-9-13(2,3)10-18(14,15)16/h5-8H,4,9-10H2,1-3H3. The summed E-state index contributed by atoms with van der Waals surface area (Å²) in [6, 6.07) is 7.79. The summed E-state index contributed by atoms with van der Waals surface area (Å²) >= 11 is 0. The SMILES string of the molecule is CCc1ccc(OCC(C)(C)CS(=O)(=O)Cl)cc1. The molecule has 0 radical (unpaired) electrons. The van der Waals surface area contributed by atoms with Gasteiger partial charge in [-0.1, -0.05) is 32.9 Å². The maximum absolute atomic E-state index is 11.1. The number of benzene rings is 1. The molecule has 0 aliphatic carbocycles. The molecule has 0 aliphatic heterocycles. The Kier molecular flexibility index (Phi) is 5.05. The van der Waals surface area contributed by atoms with Gasteiger partial charge in [0.05, 0.1) is 12.4 Å². The second-order valence-corrected chi connectivity index (χ2v) is 7.91. The van der Waals surface area contributed by atoms with Crippen LogP contribution in [0, 0.1) is 5.41 Å². The molecule has 0 amide bonds. The highest BCUT2D eigenvalue weighted by Gasteiger charge is 2.25. The lowest BCUT2D eigenvalue weighted by atomic mass is 9.98. The van der Waals surface area contributed by atoms with Crippen molar-refractivity contribution < 1.29 is 13.2 Å². The molecule has 1 aromatic carbocycles. The number of aryl methyl sites for hydroxylation is 1. The molecular formula is C13H19ClO3S. The van der Waals surface area contributed by atoms with Crippen LogP contribution in [0.2, 0.25) is 0 Å². The molecule has 0 fully saturated rings. The highest BCUT2D eigenvalue weighted by molar-refractivity contribution is 8.13. The number of hydrogen-bond acceptors (Lipinski definition) is 3. The zero-order chi connectivity index (χ0) is 13.8. The van der Waals surface area contributed by atoms with E-state index in [4.69, 9.17) is 15.4 Å². The lowest BCUT2D eigenvalue weighted by Crippen LogP contribution is -2.28. The monoisotopic (exact) mass is 290 g/mol. The lowest BCUT2D eigenvalue weighted by molar-refractivity contribution is 0.200. The Morgan fingerprint density at radius 1 is 1.22 bits per heavy atom. The van der Waals surface area contributed by atoms with Gasteiger partial charge < -0.3 is 4.74 Å². The first-order valence-electron chi connectivity index (χ1n) is 5.86. The fraction of sp³-hybridized carbons (Fsp3) is 0.538. The van der Waals surface area contributed by atoms with Gasteiger partial charge >= 0.3 is 0 Å². The normalized spacial score (nSPS) is 12.4. The summed E-state index contributed by atoms with van der Waals surface area (Å²) < 4.78 is 27.7. The van der Waals surface area contributed by atoms with Crippen molar-refractivity contribution in [3.63, 3.8) is 0 Å². The average Bonchev–Trinajstić information content (AvgIpc) is 2.24. The number of hydrogen-bond donors (Lipinski definition) is 0. The molecule has 102 valence electrons. The van der Waals surface area contributed by atoms with Crippen LogP contribution in [0.3, 0.4) is 0 Å². The molecule has 0 atom stereocenters. The zero-order valence-electron chi connectivity index (χ0n) is 10.9. The topological polar surface area (TPSA) is 43.4 Å². The molecule has 1 aromatic rings. The van der Waals surface area contributed by atoms with Crippen molar-refractivity contribution in [2.45, 2.75) is 27.2 Å². The molecule has 0 saturated carbocycles. The molecule has 3 nitrogen and oxygen atoms in total. The minimum absolute atomic E-state index is 0.103. The average molecular weight is 291 g/mol. The molecule has 0 aliphatic rings. The van der Waals surface area contributed by atoms with Gasteiger partial charge in [-0.3, -0.25) is 0 Å². The van der Waals surface area contributed by atoms with Gasteiger partial charge in [0.1, 0.15) is 5.75 Å². The molecule has 1 rings (SSSR count). The summed E-state index contributed by atoms with van der Waals surface area (Å²) in [4.78, 5) is 0. The third-order valence-electron chi connectivity index (χ3n) is 2.52. The minimum atomic E-state index is -3.50. The third kappa shape index (κ3) is 5.74. The highest BCUT2D eigenvalue weighted by Crippen LogP contribution is 2.22. The van der Waals surface area contributed by atoms with Crippen LogP contribution in [0.5, 0.6) is 5.75 Å². The van der Waals surface area contributed by atoms with E-state index in [1.807, 2.05) is 38.1 Å². The van der Waals surface area contributed by atoms with Gasteiger partial charge in [0.15, 0.2) is 0 Å². The molecule has 0 heterocycles. The maximum Gasteiger partial charge on any atom is 0.233 e. The Labute approximate surface area is 114 Å². The molecule has 0 bridgehead atoms. The summed E-state index contributed by atoms with van der Waals surface area (Å²) in [6.07, 6.45) is 0.982. The van der Waals surface area contributed by atoms with Crippen molar-refractivity contribution in [1.29, 1.82) is 0 Å². The fourth-order valence-corrected chi connectivity index (χ4v) is 3.51. The van der Waals surface area contributed by atoms with Crippen molar-refractivity contribution >= 4 is 19.7 Å². The van der Waals surface area contributed by atoms with E-state index in [0.717, 1.165) is 12.2 Å². The quantitative estimate of drug-likeness (QED) is 0.756. The predicted octanol–water partition coefficient (Wildman–Crippen LogP) is 3.22. The second kappa shape index (κ2) is 5.93. The van der Waals surface area contributed by atoms with Crippen LogP contribution < -0.4 is 4.74 Å². The van der Waals surface area contributed by atoms with E-state index in [0.29, 0.717) is 6.61 Å². The first kappa shape index (κ1) is 15.3. The number of halogens is 1. The molecule has 18 heavy (non-hydrogen) atoms.